The summed E-state index contributed by atoms with van der Waals surface area (Å²) in [4.78, 5) is 29.8. The number of fused-ring (bicyclic) bond motifs is 1. The second-order valence-electron chi connectivity index (χ2n) is 6.60. The van der Waals surface area contributed by atoms with Crippen molar-refractivity contribution in [2.45, 2.75) is 32.9 Å². The minimum atomic E-state index is -0.602. The van der Waals surface area contributed by atoms with Crippen LogP contribution in [0, 0.1) is 0 Å². The molecule has 0 aliphatic heterocycles. The first-order valence-corrected chi connectivity index (χ1v) is 8.95. The van der Waals surface area contributed by atoms with Crippen LogP contribution in [0.3, 0.4) is 0 Å². The molecule has 130 valence electrons. The molecule has 2 heterocycles. The fourth-order valence-corrected chi connectivity index (χ4v) is 3.47. The van der Waals surface area contributed by atoms with Gasteiger partial charge in [0.15, 0.2) is 0 Å². The Bertz CT molecular complexity index is 984. The molecule has 0 N–H and O–H groups in total. The molecule has 0 amide bonds. The topological polar surface area (TPSA) is 61.2 Å². The van der Waals surface area contributed by atoms with Crippen LogP contribution in [0.4, 0.5) is 0 Å². The summed E-state index contributed by atoms with van der Waals surface area (Å²) in [5.74, 6) is -0.473. The minimum Gasteiger partial charge on any atom is -0.459 e. The maximum absolute atomic E-state index is 12.8. The molecule has 0 radical (unpaired) electrons. The SMILES string of the molecule is CC(C)(C)OC(=O)Cn1cnc2scc(-c3ccc(Cl)cc3)c2c1=O. The highest BCUT2D eigenvalue weighted by Crippen LogP contribution is 2.31. The summed E-state index contributed by atoms with van der Waals surface area (Å²) in [6.45, 7) is 5.18. The van der Waals surface area contributed by atoms with Crippen molar-refractivity contribution in [3.63, 3.8) is 0 Å². The van der Waals surface area contributed by atoms with E-state index in [1.165, 1.54) is 22.2 Å². The number of ether oxygens (including phenoxy) is 1. The zero-order chi connectivity index (χ0) is 18.2. The third kappa shape index (κ3) is 3.91. The van der Waals surface area contributed by atoms with Gasteiger partial charge in [0.05, 0.1) is 11.7 Å². The predicted molar refractivity (Wildman–Crippen MR) is 100 cm³/mol. The van der Waals surface area contributed by atoms with Gasteiger partial charge in [0.2, 0.25) is 0 Å². The molecule has 0 bridgehead atoms. The molecule has 0 spiro atoms. The number of hydrogen-bond acceptors (Lipinski definition) is 5. The normalized spacial score (nSPS) is 11.7. The highest BCUT2D eigenvalue weighted by Gasteiger charge is 2.19. The van der Waals surface area contributed by atoms with E-state index in [9.17, 15) is 9.59 Å². The van der Waals surface area contributed by atoms with Crippen molar-refractivity contribution in [3.05, 3.63) is 51.3 Å². The average Bonchev–Trinajstić information content (AvgIpc) is 2.94. The van der Waals surface area contributed by atoms with Gasteiger partial charge in [-0.15, -0.1) is 11.3 Å². The standard InChI is InChI=1S/C18H17ClN2O3S/c1-18(2,3)24-14(22)8-21-10-20-16-15(17(21)23)13(9-25-16)11-4-6-12(19)7-5-11/h4-7,9-10H,8H2,1-3H3. The molecule has 0 saturated heterocycles. The van der Waals surface area contributed by atoms with Crippen LogP contribution < -0.4 is 5.56 Å². The molecular weight excluding hydrogens is 360 g/mol. The Morgan fingerprint density at radius 1 is 1.28 bits per heavy atom. The number of halogens is 1. The first-order chi connectivity index (χ1) is 11.7. The number of aromatic nitrogens is 2. The molecule has 5 nitrogen and oxygen atoms in total. The quantitative estimate of drug-likeness (QED) is 0.645. The molecule has 3 rings (SSSR count). The van der Waals surface area contributed by atoms with Crippen LogP contribution in [0.25, 0.3) is 21.3 Å². The van der Waals surface area contributed by atoms with Gasteiger partial charge in [-0.3, -0.25) is 14.2 Å². The van der Waals surface area contributed by atoms with Crippen LogP contribution >= 0.6 is 22.9 Å². The van der Waals surface area contributed by atoms with Gasteiger partial charge in [0.1, 0.15) is 17.0 Å². The molecule has 0 fully saturated rings. The maximum Gasteiger partial charge on any atom is 0.326 e. The lowest BCUT2D eigenvalue weighted by molar-refractivity contribution is -0.155. The molecule has 0 unspecified atom stereocenters. The lowest BCUT2D eigenvalue weighted by Crippen LogP contribution is -2.30. The summed E-state index contributed by atoms with van der Waals surface area (Å²) < 4.78 is 6.56. The van der Waals surface area contributed by atoms with Crippen LogP contribution in [0.2, 0.25) is 5.02 Å². The van der Waals surface area contributed by atoms with Gasteiger partial charge < -0.3 is 4.74 Å². The van der Waals surface area contributed by atoms with Crippen LogP contribution in [-0.2, 0) is 16.1 Å². The summed E-state index contributed by atoms with van der Waals surface area (Å²) in [5.41, 5.74) is 0.800. The first kappa shape index (κ1) is 17.6. The van der Waals surface area contributed by atoms with Gasteiger partial charge in [-0.05, 0) is 38.5 Å². The number of esters is 1. The van der Waals surface area contributed by atoms with Crippen molar-refractivity contribution in [3.8, 4) is 11.1 Å². The van der Waals surface area contributed by atoms with Crippen LogP contribution in [0.1, 0.15) is 20.8 Å². The third-order valence-corrected chi connectivity index (χ3v) is 4.57. The highest BCUT2D eigenvalue weighted by molar-refractivity contribution is 7.17. The molecule has 0 atom stereocenters. The molecular formula is C18H17ClN2O3S. The van der Waals surface area contributed by atoms with Crippen LogP contribution in [-0.4, -0.2) is 21.1 Å². The Kier molecular flexibility index (Phi) is 4.67. The van der Waals surface area contributed by atoms with E-state index in [-0.39, 0.29) is 12.1 Å². The number of nitrogens with zero attached hydrogens (tertiary/aromatic N) is 2. The van der Waals surface area contributed by atoms with Crippen molar-refractivity contribution in [1.29, 1.82) is 0 Å². The first-order valence-electron chi connectivity index (χ1n) is 7.69. The van der Waals surface area contributed by atoms with E-state index in [1.807, 2.05) is 17.5 Å². The Morgan fingerprint density at radius 2 is 1.96 bits per heavy atom. The predicted octanol–water partition coefficient (Wildman–Crippen LogP) is 4.12. The molecule has 2 aromatic heterocycles. The second-order valence-corrected chi connectivity index (χ2v) is 7.90. The zero-order valence-corrected chi connectivity index (χ0v) is 15.6. The monoisotopic (exact) mass is 376 g/mol. The number of thiophene rings is 1. The van der Waals surface area contributed by atoms with Crippen LogP contribution in [0.5, 0.6) is 0 Å². The second kappa shape index (κ2) is 6.61. The van der Waals surface area contributed by atoms with E-state index in [1.54, 1.807) is 32.9 Å². The van der Waals surface area contributed by atoms with E-state index in [2.05, 4.69) is 4.98 Å². The van der Waals surface area contributed by atoms with E-state index < -0.39 is 11.6 Å². The largest absolute Gasteiger partial charge is 0.459 e. The van der Waals surface area contributed by atoms with E-state index >= 15 is 0 Å². The van der Waals surface area contributed by atoms with E-state index in [0.717, 1.165) is 11.1 Å². The average molecular weight is 377 g/mol. The molecule has 3 aromatic rings. The van der Waals surface area contributed by atoms with Crippen molar-refractivity contribution < 1.29 is 9.53 Å². The van der Waals surface area contributed by atoms with E-state index in [0.29, 0.717) is 15.2 Å². The number of benzene rings is 1. The Labute approximate surface area is 153 Å². The summed E-state index contributed by atoms with van der Waals surface area (Å²) in [6.07, 6.45) is 1.39. The Hall–Kier alpha value is -2.18. The molecule has 7 heteroatoms. The van der Waals surface area contributed by atoms with Crippen molar-refractivity contribution in [1.82, 2.24) is 9.55 Å². The summed E-state index contributed by atoms with van der Waals surface area (Å²) >= 11 is 7.32. The third-order valence-electron chi connectivity index (χ3n) is 3.44. The van der Waals surface area contributed by atoms with Crippen molar-refractivity contribution in [2.75, 3.05) is 0 Å². The maximum atomic E-state index is 12.8. The number of carbonyl (C=O) groups excluding carboxylic acids is 1. The summed E-state index contributed by atoms with van der Waals surface area (Å²) in [7, 11) is 0. The Morgan fingerprint density at radius 3 is 2.60 bits per heavy atom. The Balaban J connectivity index is 2.02. The fraction of sp³-hybridized carbons (Fsp3) is 0.278. The number of hydrogen-bond donors (Lipinski definition) is 0. The van der Waals surface area contributed by atoms with Crippen molar-refractivity contribution >= 4 is 39.1 Å². The minimum absolute atomic E-state index is 0.172. The lowest BCUT2D eigenvalue weighted by atomic mass is 10.1. The number of rotatable bonds is 3. The van der Waals surface area contributed by atoms with Crippen LogP contribution in [0.15, 0.2) is 40.8 Å². The zero-order valence-electron chi connectivity index (χ0n) is 14.1. The molecule has 0 aliphatic rings. The number of carbonyl (C=O) groups is 1. The summed E-state index contributed by atoms with van der Waals surface area (Å²) in [5, 5.41) is 3.02. The van der Waals surface area contributed by atoms with Gasteiger partial charge in [-0.1, -0.05) is 23.7 Å². The lowest BCUT2D eigenvalue weighted by Gasteiger charge is -2.19. The molecule has 1 aromatic carbocycles. The molecule has 0 saturated carbocycles. The highest BCUT2D eigenvalue weighted by atomic mass is 35.5. The molecule has 25 heavy (non-hydrogen) atoms. The van der Waals surface area contributed by atoms with Gasteiger partial charge in [0.25, 0.3) is 5.56 Å². The van der Waals surface area contributed by atoms with Gasteiger partial charge in [0, 0.05) is 16.0 Å². The smallest absolute Gasteiger partial charge is 0.326 e. The van der Waals surface area contributed by atoms with Gasteiger partial charge >= 0.3 is 5.97 Å². The van der Waals surface area contributed by atoms with E-state index in [4.69, 9.17) is 16.3 Å². The van der Waals surface area contributed by atoms with Gasteiger partial charge in [-0.2, -0.15) is 0 Å². The fourth-order valence-electron chi connectivity index (χ4n) is 2.43. The van der Waals surface area contributed by atoms with Crippen molar-refractivity contribution in [2.24, 2.45) is 0 Å². The molecule has 0 aliphatic carbocycles. The van der Waals surface area contributed by atoms with Gasteiger partial charge in [-0.25, -0.2) is 4.98 Å². The summed E-state index contributed by atoms with van der Waals surface area (Å²) in [6, 6.07) is 7.26.